The van der Waals surface area contributed by atoms with Crippen LogP contribution in [0.2, 0.25) is 0 Å². The van der Waals surface area contributed by atoms with Gasteiger partial charge in [-0.2, -0.15) is 0 Å². The first kappa shape index (κ1) is 20.9. The summed E-state index contributed by atoms with van der Waals surface area (Å²) in [6, 6.07) is 6.35. The van der Waals surface area contributed by atoms with Gasteiger partial charge in [-0.05, 0) is 32.9 Å². The fourth-order valence-electron chi connectivity index (χ4n) is 3.70. The minimum atomic E-state index is -1.17. The van der Waals surface area contributed by atoms with Crippen molar-refractivity contribution in [2.45, 2.75) is 45.3 Å². The second kappa shape index (κ2) is 7.39. The van der Waals surface area contributed by atoms with E-state index in [0.29, 0.717) is 22.3 Å². The van der Waals surface area contributed by atoms with Gasteiger partial charge in [0.1, 0.15) is 33.9 Å². The predicted molar refractivity (Wildman–Crippen MR) is 111 cm³/mol. The third-order valence-electron chi connectivity index (χ3n) is 5.25. The lowest BCUT2D eigenvalue weighted by molar-refractivity contribution is -0.173. The van der Waals surface area contributed by atoms with Crippen molar-refractivity contribution in [3.05, 3.63) is 52.8 Å². The van der Waals surface area contributed by atoms with Crippen LogP contribution in [0.15, 0.2) is 56.0 Å². The molecule has 1 atom stereocenters. The fourth-order valence-corrected chi connectivity index (χ4v) is 3.70. The van der Waals surface area contributed by atoms with E-state index < -0.39 is 22.8 Å². The van der Waals surface area contributed by atoms with Gasteiger partial charge in [-0.3, -0.25) is 9.59 Å². The van der Waals surface area contributed by atoms with E-state index in [2.05, 4.69) is 0 Å². The van der Waals surface area contributed by atoms with Crippen molar-refractivity contribution in [1.82, 2.24) is 0 Å². The summed E-state index contributed by atoms with van der Waals surface area (Å²) in [4.78, 5) is 35.7. The van der Waals surface area contributed by atoms with Crippen LogP contribution in [0.5, 0.6) is 5.75 Å². The van der Waals surface area contributed by atoms with Gasteiger partial charge in [0, 0.05) is 31.6 Å². The minimum absolute atomic E-state index is 0.146. The molecule has 4 rings (SSSR count). The zero-order chi connectivity index (χ0) is 22.4. The van der Waals surface area contributed by atoms with E-state index in [4.69, 9.17) is 23.0 Å². The van der Waals surface area contributed by atoms with E-state index in [1.807, 2.05) is 0 Å². The second-order valence-corrected chi connectivity index (χ2v) is 8.11. The molecule has 162 valence electrons. The van der Waals surface area contributed by atoms with Crippen LogP contribution in [-0.2, 0) is 19.1 Å². The van der Waals surface area contributed by atoms with Gasteiger partial charge >= 0.3 is 11.6 Å². The van der Waals surface area contributed by atoms with Crippen LogP contribution in [0.25, 0.3) is 21.9 Å². The molecule has 1 aliphatic rings. The molecule has 1 aliphatic heterocycles. The topological polar surface area (TPSA) is 105 Å². The molecule has 31 heavy (non-hydrogen) atoms. The van der Waals surface area contributed by atoms with Crippen LogP contribution in [0.3, 0.4) is 0 Å². The average molecular weight is 426 g/mol. The highest BCUT2D eigenvalue weighted by Gasteiger charge is 2.46. The SMILES string of the molecule is CC(=O)OC1=CC(=O)[C@](C)(CCOc2c3ccoc3cc3oc(=O)ccc23)OC1(C)C. The van der Waals surface area contributed by atoms with Gasteiger partial charge in [0.05, 0.1) is 23.6 Å². The van der Waals surface area contributed by atoms with Crippen molar-refractivity contribution in [1.29, 1.82) is 0 Å². The molecule has 0 bridgehead atoms. The van der Waals surface area contributed by atoms with E-state index in [1.54, 1.807) is 39.0 Å². The number of esters is 1. The lowest BCUT2D eigenvalue weighted by Crippen LogP contribution is -2.51. The van der Waals surface area contributed by atoms with E-state index >= 15 is 0 Å². The van der Waals surface area contributed by atoms with Gasteiger partial charge < -0.3 is 23.0 Å². The minimum Gasteiger partial charge on any atom is -0.492 e. The van der Waals surface area contributed by atoms with Gasteiger partial charge in [0.2, 0.25) is 0 Å². The summed E-state index contributed by atoms with van der Waals surface area (Å²) in [6.45, 7) is 6.56. The summed E-state index contributed by atoms with van der Waals surface area (Å²) in [5, 5.41) is 1.34. The van der Waals surface area contributed by atoms with Gasteiger partial charge in [-0.1, -0.05) is 0 Å². The summed E-state index contributed by atoms with van der Waals surface area (Å²) in [5.74, 6) is -0.168. The van der Waals surface area contributed by atoms with Crippen LogP contribution in [0.1, 0.15) is 34.1 Å². The summed E-state index contributed by atoms with van der Waals surface area (Å²) in [6.07, 6.45) is 3.07. The molecule has 0 saturated heterocycles. The van der Waals surface area contributed by atoms with Crippen molar-refractivity contribution >= 4 is 33.7 Å². The molecule has 0 unspecified atom stereocenters. The number of carbonyl (C=O) groups is 2. The lowest BCUT2D eigenvalue weighted by atomic mass is 9.89. The molecule has 0 aliphatic carbocycles. The number of furan rings is 1. The monoisotopic (exact) mass is 426 g/mol. The number of rotatable bonds is 5. The summed E-state index contributed by atoms with van der Waals surface area (Å²) < 4.78 is 27.9. The number of fused-ring (bicyclic) bond motifs is 2. The Hall–Kier alpha value is -3.39. The van der Waals surface area contributed by atoms with E-state index in [9.17, 15) is 14.4 Å². The maximum atomic E-state index is 12.7. The van der Waals surface area contributed by atoms with Crippen LogP contribution in [-0.4, -0.2) is 29.6 Å². The highest BCUT2D eigenvalue weighted by Crippen LogP contribution is 2.38. The fraction of sp³-hybridized carbons (Fsp3) is 0.348. The Labute approximate surface area is 177 Å². The Morgan fingerprint density at radius 1 is 1.06 bits per heavy atom. The summed E-state index contributed by atoms with van der Waals surface area (Å²) in [7, 11) is 0. The molecule has 0 fully saturated rings. The van der Waals surface area contributed by atoms with Gasteiger partial charge in [0.25, 0.3) is 0 Å². The number of ether oxygens (including phenoxy) is 3. The van der Waals surface area contributed by atoms with E-state index in [1.165, 1.54) is 25.3 Å². The largest absolute Gasteiger partial charge is 0.492 e. The maximum Gasteiger partial charge on any atom is 0.336 e. The molecular weight excluding hydrogens is 404 g/mol. The molecule has 1 aromatic carbocycles. The molecule has 0 amide bonds. The number of benzene rings is 1. The first-order chi connectivity index (χ1) is 14.6. The molecule has 3 heterocycles. The number of hydrogen-bond donors (Lipinski definition) is 0. The van der Waals surface area contributed by atoms with E-state index in [0.717, 1.165) is 5.39 Å². The molecular formula is C23H22O8. The second-order valence-electron chi connectivity index (χ2n) is 8.11. The normalized spacial score (nSPS) is 20.6. The molecule has 2 aromatic heterocycles. The van der Waals surface area contributed by atoms with Crippen molar-refractivity contribution < 1.29 is 32.6 Å². The third kappa shape index (κ3) is 3.86. The highest BCUT2D eigenvalue weighted by molar-refractivity contribution is 6.01. The Kier molecular flexibility index (Phi) is 4.97. The zero-order valence-electron chi connectivity index (χ0n) is 17.6. The average Bonchev–Trinajstić information content (AvgIpc) is 3.13. The molecule has 8 heteroatoms. The van der Waals surface area contributed by atoms with Crippen molar-refractivity contribution in [3.63, 3.8) is 0 Å². The van der Waals surface area contributed by atoms with Crippen molar-refractivity contribution in [3.8, 4) is 5.75 Å². The summed E-state index contributed by atoms with van der Waals surface area (Å²) >= 11 is 0. The standard InChI is InChI=1S/C23H22O8/c1-13(24)29-19-12-18(25)23(4,31-22(19,2)3)8-10-28-21-14-5-6-20(26)30-17(14)11-16-15(21)7-9-27-16/h5-7,9,11-12H,8,10H2,1-4H3/t23-/m0/s1. The predicted octanol–water partition coefficient (Wildman–Crippen LogP) is 3.89. The summed E-state index contributed by atoms with van der Waals surface area (Å²) in [5.41, 5.74) is -1.75. The Balaban J connectivity index is 1.59. The van der Waals surface area contributed by atoms with E-state index in [-0.39, 0.29) is 24.6 Å². The van der Waals surface area contributed by atoms with Crippen LogP contribution < -0.4 is 10.4 Å². The Morgan fingerprint density at radius 3 is 2.55 bits per heavy atom. The van der Waals surface area contributed by atoms with Gasteiger partial charge in [-0.25, -0.2) is 4.79 Å². The zero-order valence-corrected chi connectivity index (χ0v) is 17.6. The smallest absolute Gasteiger partial charge is 0.336 e. The third-order valence-corrected chi connectivity index (χ3v) is 5.25. The molecule has 8 nitrogen and oxygen atoms in total. The van der Waals surface area contributed by atoms with Crippen LogP contribution >= 0.6 is 0 Å². The Bertz CT molecular complexity index is 1280. The highest BCUT2D eigenvalue weighted by atomic mass is 16.6. The van der Waals surface area contributed by atoms with Crippen LogP contribution in [0.4, 0.5) is 0 Å². The molecule has 0 saturated carbocycles. The molecule has 0 radical (unpaired) electrons. The molecule has 0 N–H and O–H groups in total. The van der Waals surface area contributed by atoms with Gasteiger partial charge in [0.15, 0.2) is 5.78 Å². The van der Waals surface area contributed by atoms with Gasteiger partial charge in [-0.15, -0.1) is 0 Å². The number of carbonyl (C=O) groups excluding carboxylic acids is 2. The lowest BCUT2D eigenvalue weighted by Gasteiger charge is -2.41. The van der Waals surface area contributed by atoms with Crippen LogP contribution in [0, 0.1) is 0 Å². The number of ketones is 1. The quantitative estimate of drug-likeness (QED) is 0.447. The first-order valence-corrected chi connectivity index (χ1v) is 9.81. The van der Waals surface area contributed by atoms with Crippen molar-refractivity contribution in [2.75, 3.05) is 6.61 Å². The number of hydrogen-bond acceptors (Lipinski definition) is 8. The maximum absolute atomic E-state index is 12.7. The van der Waals surface area contributed by atoms with Crippen molar-refractivity contribution in [2.24, 2.45) is 0 Å². The molecule has 3 aromatic rings. The molecule has 0 spiro atoms. The first-order valence-electron chi connectivity index (χ1n) is 9.81. The Morgan fingerprint density at radius 2 is 1.81 bits per heavy atom.